The first-order valence-corrected chi connectivity index (χ1v) is 7.64. The molecule has 0 aliphatic rings. The summed E-state index contributed by atoms with van der Waals surface area (Å²) < 4.78 is 1.00. The van der Waals surface area contributed by atoms with Crippen LogP contribution in [-0.2, 0) is 0 Å². The monoisotopic (exact) mass is 328 g/mol. The van der Waals surface area contributed by atoms with Crippen LogP contribution >= 0.6 is 15.9 Å². The summed E-state index contributed by atoms with van der Waals surface area (Å²) >= 11 is 3.42. The van der Waals surface area contributed by atoms with Gasteiger partial charge in [-0.3, -0.25) is 0 Å². The zero-order chi connectivity index (χ0) is 14.3. The topological polar surface area (TPSA) is 35.5 Å². The molecule has 0 bridgehead atoms. The highest BCUT2D eigenvalue weighted by atomic mass is 79.9. The average Bonchev–Trinajstić information content (AvgIpc) is 2.37. The van der Waals surface area contributed by atoms with Crippen LogP contribution in [0, 0.1) is 0 Å². The van der Waals surface area contributed by atoms with Gasteiger partial charge in [0.05, 0.1) is 6.10 Å². The summed E-state index contributed by atoms with van der Waals surface area (Å²) in [5, 5.41) is 13.4. The average molecular weight is 329 g/mol. The van der Waals surface area contributed by atoms with Crippen molar-refractivity contribution in [3.05, 3.63) is 34.3 Å². The van der Waals surface area contributed by atoms with Crippen molar-refractivity contribution in [3.8, 4) is 0 Å². The molecule has 0 radical (unpaired) electrons. The molecule has 1 aromatic rings. The highest BCUT2D eigenvalue weighted by molar-refractivity contribution is 9.10. The van der Waals surface area contributed by atoms with Gasteiger partial charge in [0.2, 0.25) is 0 Å². The highest BCUT2D eigenvalue weighted by Crippen LogP contribution is 2.17. The number of rotatable bonds is 8. The van der Waals surface area contributed by atoms with Gasteiger partial charge in [-0.2, -0.15) is 0 Å². The fourth-order valence-electron chi connectivity index (χ4n) is 1.78. The number of halogens is 1. The van der Waals surface area contributed by atoms with Gasteiger partial charge in [-0.25, -0.2) is 0 Å². The minimum absolute atomic E-state index is 0.444. The molecule has 1 aromatic carbocycles. The Bertz CT molecular complexity index is 371. The van der Waals surface area contributed by atoms with Gasteiger partial charge in [0.1, 0.15) is 0 Å². The lowest BCUT2D eigenvalue weighted by molar-refractivity contribution is 0.173. The van der Waals surface area contributed by atoms with Crippen LogP contribution in [0.5, 0.6) is 0 Å². The third kappa shape index (κ3) is 6.52. The Morgan fingerprint density at radius 2 is 2.11 bits per heavy atom. The summed E-state index contributed by atoms with van der Waals surface area (Å²) in [6.45, 7) is 7.01. The first-order chi connectivity index (χ1) is 9.00. The van der Waals surface area contributed by atoms with Gasteiger partial charge >= 0.3 is 0 Å². The van der Waals surface area contributed by atoms with Crippen LogP contribution in [-0.4, -0.2) is 42.7 Å². The Balaban J connectivity index is 2.19. The molecule has 0 fully saturated rings. The summed E-state index contributed by atoms with van der Waals surface area (Å²) in [5.41, 5.74) is 0.946. The molecule has 1 atom stereocenters. The molecule has 108 valence electrons. The number of nitrogens with one attached hydrogen (secondary N) is 1. The van der Waals surface area contributed by atoms with Crippen LogP contribution in [0.15, 0.2) is 28.7 Å². The van der Waals surface area contributed by atoms with E-state index in [4.69, 9.17) is 0 Å². The lowest BCUT2D eigenvalue weighted by Crippen LogP contribution is -2.30. The molecule has 4 heteroatoms. The second kappa shape index (κ2) is 8.69. The molecule has 19 heavy (non-hydrogen) atoms. The third-order valence-electron chi connectivity index (χ3n) is 3.32. The Labute approximate surface area is 125 Å². The number of aliphatic hydroxyl groups is 1. The Morgan fingerprint density at radius 1 is 1.37 bits per heavy atom. The van der Waals surface area contributed by atoms with E-state index in [1.165, 1.54) is 0 Å². The Kier molecular flexibility index (Phi) is 7.61. The van der Waals surface area contributed by atoms with E-state index >= 15 is 0 Å². The lowest BCUT2D eigenvalue weighted by atomic mass is 10.1. The molecule has 1 rings (SSSR count). The SMILES string of the molecule is CC(C)N(C)CCCNCC(O)c1cccc(Br)c1. The lowest BCUT2D eigenvalue weighted by Gasteiger charge is -2.21. The van der Waals surface area contributed by atoms with Crippen molar-refractivity contribution in [2.75, 3.05) is 26.7 Å². The summed E-state index contributed by atoms with van der Waals surface area (Å²) in [5.74, 6) is 0. The molecular formula is C15H25BrN2O. The molecule has 0 heterocycles. The van der Waals surface area contributed by atoms with Gasteiger partial charge in [0.25, 0.3) is 0 Å². The maximum absolute atomic E-state index is 10.0. The molecule has 0 saturated heterocycles. The smallest absolute Gasteiger partial charge is 0.0914 e. The molecule has 0 spiro atoms. The first-order valence-electron chi connectivity index (χ1n) is 6.85. The van der Waals surface area contributed by atoms with Crippen LogP contribution < -0.4 is 5.32 Å². The van der Waals surface area contributed by atoms with E-state index in [0.29, 0.717) is 12.6 Å². The minimum Gasteiger partial charge on any atom is -0.387 e. The van der Waals surface area contributed by atoms with E-state index in [0.717, 1.165) is 29.5 Å². The number of hydrogen-bond acceptors (Lipinski definition) is 3. The van der Waals surface area contributed by atoms with Crippen molar-refractivity contribution in [2.45, 2.75) is 32.4 Å². The van der Waals surface area contributed by atoms with Gasteiger partial charge in [-0.15, -0.1) is 0 Å². The highest BCUT2D eigenvalue weighted by Gasteiger charge is 2.07. The van der Waals surface area contributed by atoms with Crippen molar-refractivity contribution >= 4 is 15.9 Å². The maximum atomic E-state index is 10.0. The van der Waals surface area contributed by atoms with Gasteiger partial charge < -0.3 is 15.3 Å². The molecule has 3 nitrogen and oxygen atoms in total. The normalized spacial score (nSPS) is 13.2. The van der Waals surface area contributed by atoms with Gasteiger partial charge in [0, 0.05) is 17.1 Å². The molecular weight excluding hydrogens is 304 g/mol. The Morgan fingerprint density at radius 3 is 2.74 bits per heavy atom. The van der Waals surface area contributed by atoms with Crippen molar-refractivity contribution in [2.24, 2.45) is 0 Å². The fourth-order valence-corrected chi connectivity index (χ4v) is 2.20. The zero-order valence-electron chi connectivity index (χ0n) is 12.1. The number of nitrogens with zero attached hydrogens (tertiary/aromatic N) is 1. The third-order valence-corrected chi connectivity index (χ3v) is 3.81. The summed E-state index contributed by atoms with van der Waals surface area (Å²) in [4.78, 5) is 2.33. The molecule has 0 aromatic heterocycles. The van der Waals surface area contributed by atoms with Crippen molar-refractivity contribution < 1.29 is 5.11 Å². The largest absolute Gasteiger partial charge is 0.387 e. The minimum atomic E-state index is -0.444. The van der Waals surface area contributed by atoms with E-state index in [1.54, 1.807) is 0 Å². The van der Waals surface area contributed by atoms with Crippen LogP contribution in [0.25, 0.3) is 0 Å². The standard InChI is InChI=1S/C15H25BrN2O/c1-12(2)18(3)9-5-8-17-11-15(19)13-6-4-7-14(16)10-13/h4,6-7,10,12,15,17,19H,5,8-9,11H2,1-3H3. The van der Waals surface area contributed by atoms with Crippen molar-refractivity contribution in [1.82, 2.24) is 10.2 Å². The second-order valence-corrected chi connectivity index (χ2v) is 6.12. The number of hydrogen-bond donors (Lipinski definition) is 2. The van der Waals surface area contributed by atoms with Crippen LogP contribution in [0.4, 0.5) is 0 Å². The van der Waals surface area contributed by atoms with Gasteiger partial charge in [0.15, 0.2) is 0 Å². The number of aliphatic hydroxyl groups excluding tert-OH is 1. The molecule has 0 aliphatic carbocycles. The molecule has 0 aliphatic heterocycles. The Hall–Kier alpha value is -0.420. The fraction of sp³-hybridized carbons (Fsp3) is 0.600. The molecule has 2 N–H and O–H groups in total. The van der Waals surface area contributed by atoms with E-state index in [1.807, 2.05) is 24.3 Å². The van der Waals surface area contributed by atoms with E-state index in [-0.39, 0.29) is 0 Å². The van der Waals surface area contributed by atoms with Crippen LogP contribution in [0.3, 0.4) is 0 Å². The van der Waals surface area contributed by atoms with Gasteiger partial charge in [-0.1, -0.05) is 28.1 Å². The molecule has 1 unspecified atom stereocenters. The van der Waals surface area contributed by atoms with E-state index in [9.17, 15) is 5.11 Å². The van der Waals surface area contributed by atoms with E-state index < -0.39 is 6.10 Å². The first kappa shape index (κ1) is 16.6. The van der Waals surface area contributed by atoms with Crippen LogP contribution in [0.2, 0.25) is 0 Å². The van der Waals surface area contributed by atoms with Crippen molar-refractivity contribution in [1.29, 1.82) is 0 Å². The summed E-state index contributed by atoms with van der Waals surface area (Å²) in [7, 11) is 2.14. The van der Waals surface area contributed by atoms with Crippen LogP contribution in [0.1, 0.15) is 31.9 Å². The summed E-state index contributed by atoms with van der Waals surface area (Å²) in [6, 6.07) is 8.40. The van der Waals surface area contributed by atoms with Crippen molar-refractivity contribution in [3.63, 3.8) is 0 Å². The molecule has 0 saturated carbocycles. The summed E-state index contributed by atoms with van der Waals surface area (Å²) in [6.07, 6.45) is 0.653. The molecule has 0 amide bonds. The maximum Gasteiger partial charge on any atom is 0.0914 e. The zero-order valence-corrected chi connectivity index (χ0v) is 13.7. The van der Waals surface area contributed by atoms with E-state index in [2.05, 4.69) is 47.0 Å². The van der Waals surface area contributed by atoms with Gasteiger partial charge in [-0.05, 0) is 58.1 Å². The number of benzene rings is 1. The quantitative estimate of drug-likeness (QED) is 0.720. The predicted molar refractivity (Wildman–Crippen MR) is 84.4 cm³/mol. The predicted octanol–water partition coefficient (Wildman–Crippen LogP) is 2.80. The second-order valence-electron chi connectivity index (χ2n) is 5.20.